The molecule has 0 spiro atoms. The molecule has 0 aliphatic rings. The molecule has 0 heterocycles. The molecular weight excluding hydrogens is 349 g/mol. The number of nitrogens with zero attached hydrogens (tertiary/aromatic N) is 1. The van der Waals surface area contributed by atoms with E-state index in [1.807, 2.05) is 42.5 Å². The molecule has 130 valence electrons. The Morgan fingerprint density at radius 3 is 2.08 bits per heavy atom. The van der Waals surface area contributed by atoms with E-state index in [2.05, 4.69) is 0 Å². The third-order valence-electron chi connectivity index (χ3n) is 4.03. The highest BCUT2D eigenvalue weighted by molar-refractivity contribution is 7.80. The van der Waals surface area contributed by atoms with Gasteiger partial charge in [0.05, 0.1) is 20.0 Å². The Kier molecular flexibility index (Phi) is 5.40. The number of benzene rings is 3. The molecule has 3 rings (SSSR count). The van der Waals surface area contributed by atoms with Crippen LogP contribution in [0.25, 0.3) is 0 Å². The predicted molar refractivity (Wildman–Crippen MR) is 105 cm³/mol. The van der Waals surface area contributed by atoms with Crippen molar-refractivity contribution in [1.82, 2.24) is 0 Å². The van der Waals surface area contributed by atoms with Crippen LogP contribution in [-0.2, 0) is 4.74 Å². The van der Waals surface area contributed by atoms with E-state index in [1.54, 1.807) is 24.3 Å². The maximum atomic E-state index is 12.2. The Morgan fingerprint density at radius 1 is 0.885 bits per heavy atom. The van der Waals surface area contributed by atoms with Crippen LogP contribution >= 0.6 is 7.92 Å². The molecule has 1 unspecified atom stereocenters. The predicted octanol–water partition coefficient (Wildman–Crippen LogP) is 2.87. The van der Waals surface area contributed by atoms with Gasteiger partial charge in [0.25, 0.3) is 5.69 Å². The standard InChI is InChI=1S/C20H16NO4P/c1-25-20(22)18-9-5-6-10-19(18)26(16-7-3-2-4-8-16)17-13-11-15(12-14-17)21(23)24/h2-14H,1H3/p+1. The Hall–Kier alpha value is -3.04. The third kappa shape index (κ3) is 3.63. The summed E-state index contributed by atoms with van der Waals surface area (Å²) in [5.41, 5.74) is 0.565. The lowest BCUT2D eigenvalue weighted by molar-refractivity contribution is -0.384. The average Bonchev–Trinajstić information content (AvgIpc) is 2.69. The molecule has 5 nitrogen and oxygen atoms in total. The summed E-state index contributed by atoms with van der Waals surface area (Å²) in [6.07, 6.45) is 0. The van der Waals surface area contributed by atoms with E-state index in [1.165, 1.54) is 19.2 Å². The fourth-order valence-electron chi connectivity index (χ4n) is 2.82. The average molecular weight is 366 g/mol. The fourth-order valence-corrected chi connectivity index (χ4v) is 5.52. The summed E-state index contributed by atoms with van der Waals surface area (Å²) < 4.78 is 4.94. The number of methoxy groups -OCH3 is 1. The molecule has 0 saturated carbocycles. The number of esters is 1. The highest BCUT2D eigenvalue weighted by Crippen LogP contribution is 2.34. The van der Waals surface area contributed by atoms with Gasteiger partial charge in [-0.25, -0.2) is 4.79 Å². The number of carbonyl (C=O) groups excluding carboxylic acids is 1. The zero-order valence-corrected chi connectivity index (χ0v) is 15.1. The molecule has 0 N–H and O–H groups in total. The number of nitro groups is 1. The minimum absolute atomic E-state index is 0.0458. The van der Waals surface area contributed by atoms with Crippen LogP contribution < -0.4 is 15.9 Å². The normalized spacial score (nSPS) is 11.6. The first-order chi connectivity index (χ1) is 12.6. The Morgan fingerprint density at radius 2 is 1.46 bits per heavy atom. The second-order valence-corrected chi connectivity index (χ2v) is 8.03. The first-order valence-corrected chi connectivity index (χ1v) is 9.46. The Balaban J connectivity index is 2.17. The SMILES string of the molecule is COC(=O)c1ccccc1[PH+](c1ccccc1)c1ccc([N+](=O)[O-])cc1. The van der Waals surface area contributed by atoms with Crippen LogP contribution in [0.2, 0.25) is 0 Å². The van der Waals surface area contributed by atoms with Crippen molar-refractivity contribution in [3.63, 3.8) is 0 Å². The monoisotopic (exact) mass is 366 g/mol. The molecule has 1 atom stereocenters. The van der Waals surface area contributed by atoms with Gasteiger partial charge in [-0.2, -0.15) is 0 Å². The van der Waals surface area contributed by atoms with Gasteiger partial charge in [-0.15, -0.1) is 0 Å². The molecule has 0 aliphatic carbocycles. The number of non-ortho nitro benzene ring substituents is 1. The molecule has 0 amide bonds. The van der Waals surface area contributed by atoms with Gasteiger partial charge in [0.1, 0.15) is 21.5 Å². The van der Waals surface area contributed by atoms with E-state index in [0.29, 0.717) is 5.56 Å². The minimum Gasteiger partial charge on any atom is -0.465 e. The van der Waals surface area contributed by atoms with Crippen LogP contribution in [0.15, 0.2) is 78.9 Å². The lowest BCUT2D eigenvalue weighted by atomic mass is 10.2. The molecule has 0 radical (unpaired) electrons. The van der Waals surface area contributed by atoms with Gasteiger partial charge in [0, 0.05) is 12.1 Å². The van der Waals surface area contributed by atoms with Gasteiger partial charge in [-0.3, -0.25) is 10.1 Å². The first kappa shape index (κ1) is 17.8. The molecule has 3 aromatic rings. The summed E-state index contributed by atoms with van der Waals surface area (Å²) in [6, 6.07) is 23.8. The highest BCUT2D eigenvalue weighted by Gasteiger charge is 2.30. The summed E-state index contributed by atoms with van der Waals surface area (Å²) in [5, 5.41) is 13.9. The summed E-state index contributed by atoms with van der Waals surface area (Å²) >= 11 is 0. The summed E-state index contributed by atoms with van der Waals surface area (Å²) in [5.74, 6) is -0.388. The topological polar surface area (TPSA) is 69.4 Å². The lowest BCUT2D eigenvalue weighted by Crippen LogP contribution is -2.25. The van der Waals surface area contributed by atoms with Crippen LogP contribution in [-0.4, -0.2) is 18.0 Å². The summed E-state index contributed by atoms with van der Waals surface area (Å²) in [4.78, 5) is 22.8. The van der Waals surface area contributed by atoms with Crippen LogP contribution in [0, 0.1) is 10.1 Å². The zero-order valence-electron chi connectivity index (χ0n) is 14.1. The molecule has 0 fully saturated rings. The minimum atomic E-state index is -1.53. The molecule has 0 saturated heterocycles. The second-order valence-electron chi connectivity index (χ2n) is 5.58. The van der Waals surface area contributed by atoms with E-state index in [0.717, 1.165) is 15.9 Å². The number of nitro benzene ring substituents is 1. The number of hydrogen-bond donors (Lipinski definition) is 0. The first-order valence-electron chi connectivity index (χ1n) is 7.96. The van der Waals surface area contributed by atoms with Crippen molar-refractivity contribution in [3.05, 3.63) is 94.5 Å². The largest absolute Gasteiger partial charge is 0.465 e. The van der Waals surface area contributed by atoms with E-state index in [9.17, 15) is 14.9 Å². The van der Waals surface area contributed by atoms with E-state index in [4.69, 9.17) is 4.74 Å². The van der Waals surface area contributed by atoms with Gasteiger partial charge >= 0.3 is 5.97 Å². The molecule has 3 aromatic carbocycles. The fraction of sp³-hybridized carbons (Fsp3) is 0.0500. The van der Waals surface area contributed by atoms with Crippen molar-refractivity contribution in [2.45, 2.75) is 0 Å². The maximum absolute atomic E-state index is 12.2. The summed E-state index contributed by atoms with van der Waals surface area (Å²) in [6.45, 7) is 0. The van der Waals surface area contributed by atoms with Gasteiger partial charge < -0.3 is 4.74 Å². The third-order valence-corrected chi connectivity index (χ3v) is 6.83. The molecule has 6 heteroatoms. The van der Waals surface area contributed by atoms with Crippen LogP contribution in [0.4, 0.5) is 5.69 Å². The van der Waals surface area contributed by atoms with Crippen molar-refractivity contribution < 1.29 is 14.5 Å². The van der Waals surface area contributed by atoms with Crippen molar-refractivity contribution in [1.29, 1.82) is 0 Å². The van der Waals surface area contributed by atoms with Crippen molar-refractivity contribution in [2.75, 3.05) is 7.11 Å². The van der Waals surface area contributed by atoms with E-state index >= 15 is 0 Å². The Labute approximate surface area is 152 Å². The van der Waals surface area contributed by atoms with Gasteiger partial charge in [0.2, 0.25) is 0 Å². The van der Waals surface area contributed by atoms with Crippen LogP contribution in [0.1, 0.15) is 10.4 Å². The molecule has 0 bridgehead atoms. The van der Waals surface area contributed by atoms with Crippen molar-refractivity contribution in [3.8, 4) is 0 Å². The molecular formula is C20H17NO4P+. The molecule has 0 aromatic heterocycles. The maximum Gasteiger partial charge on any atom is 0.341 e. The number of rotatable bonds is 5. The number of ether oxygens (including phenoxy) is 1. The lowest BCUT2D eigenvalue weighted by Gasteiger charge is -2.13. The van der Waals surface area contributed by atoms with Crippen LogP contribution in [0.3, 0.4) is 0 Å². The van der Waals surface area contributed by atoms with Crippen LogP contribution in [0.5, 0.6) is 0 Å². The second kappa shape index (κ2) is 7.89. The molecule has 26 heavy (non-hydrogen) atoms. The zero-order chi connectivity index (χ0) is 18.5. The van der Waals surface area contributed by atoms with Gasteiger partial charge in [-0.05, 0) is 36.4 Å². The number of carbonyl (C=O) groups is 1. The molecule has 0 aliphatic heterocycles. The number of hydrogen-bond acceptors (Lipinski definition) is 4. The van der Waals surface area contributed by atoms with Gasteiger partial charge in [-0.1, -0.05) is 30.3 Å². The van der Waals surface area contributed by atoms with Crippen molar-refractivity contribution in [2.24, 2.45) is 0 Å². The summed E-state index contributed by atoms with van der Waals surface area (Å²) in [7, 11) is -0.166. The highest BCUT2D eigenvalue weighted by atomic mass is 31.1. The van der Waals surface area contributed by atoms with Gasteiger partial charge in [0.15, 0.2) is 0 Å². The quantitative estimate of drug-likeness (QED) is 0.301. The Bertz CT molecular complexity index is 926. The van der Waals surface area contributed by atoms with Crippen molar-refractivity contribution >= 4 is 35.5 Å². The van der Waals surface area contributed by atoms with E-state index < -0.39 is 12.8 Å². The smallest absolute Gasteiger partial charge is 0.341 e. The van der Waals surface area contributed by atoms with E-state index in [-0.39, 0.29) is 11.7 Å².